The van der Waals surface area contributed by atoms with Crippen LogP contribution >= 0.6 is 11.3 Å². The maximum atomic E-state index is 9.26. The van der Waals surface area contributed by atoms with E-state index in [0.29, 0.717) is 5.82 Å². The fourth-order valence-electron chi connectivity index (χ4n) is 2.90. The van der Waals surface area contributed by atoms with Crippen molar-refractivity contribution in [1.29, 1.82) is 0 Å². The highest BCUT2D eigenvalue weighted by Gasteiger charge is 2.30. The van der Waals surface area contributed by atoms with E-state index in [1.54, 1.807) is 22.0 Å². The van der Waals surface area contributed by atoms with Gasteiger partial charge >= 0.3 is 0 Å². The van der Waals surface area contributed by atoms with E-state index in [-0.39, 0.29) is 18.8 Å². The van der Waals surface area contributed by atoms with Crippen LogP contribution in [0.3, 0.4) is 0 Å². The van der Waals surface area contributed by atoms with E-state index in [1.807, 2.05) is 11.4 Å². The minimum atomic E-state index is -0.113. The number of aliphatic hydroxyl groups excluding tert-OH is 1. The number of thiazole rings is 1. The lowest BCUT2D eigenvalue weighted by Crippen LogP contribution is -2.12. The Morgan fingerprint density at radius 3 is 3.05 bits per heavy atom. The van der Waals surface area contributed by atoms with Gasteiger partial charge in [-0.15, -0.1) is 11.3 Å². The molecule has 0 bridgehead atoms. The summed E-state index contributed by atoms with van der Waals surface area (Å²) in [6.07, 6.45) is 4.67. The van der Waals surface area contributed by atoms with E-state index in [2.05, 4.69) is 15.1 Å². The van der Waals surface area contributed by atoms with Gasteiger partial charge in [-0.3, -0.25) is 0 Å². The van der Waals surface area contributed by atoms with Crippen molar-refractivity contribution in [2.24, 2.45) is 0 Å². The van der Waals surface area contributed by atoms with Crippen LogP contribution in [0, 0.1) is 0 Å². The number of hydrogen-bond acceptors (Lipinski definition) is 7. The van der Waals surface area contributed by atoms with Crippen molar-refractivity contribution in [3.8, 4) is 10.6 Å². The molecule has 0 aromatic carbocycles. The molecule has 3 aromatic rings. The Kier molecular flexibility index (Phi) is 3.29. The first-order valence-electron chi connectivity index (χ1n) is 7.06. The number of anilines is 1. The second kappa shape index (κ2) is 5.31. The molecule has 1 aliphatic rings. The minimum Gasteiger partial charge on any atom is -0.394 e. The third kappa shape index (κ3) is 2.07. The molecule has 4 heterocycles. The normalized spacial score (nSPS) is 21.7. The number of fused-ring (bicyclic) bond motifs is 1. The molecule has 0 saturated carbocycles. The van der Waals surface area contributed by atoms with Gasteiger partial charge in [0.1, 0.15) is 23.0 Å². The maximum Gasteiger partial charge on any atom is 0.152 e. The van der Waals surface area contributed by atoms with Gasteiger partial charge in [0.05, 0.1) is 18.4 Å². The van der Waals surface area contributed by atoms with Crippen molar-refractivity contribution in [2.45, 2.75) is 25.0 Å². The minimum absolute atomic E-state index is 0.0380. The molecule has 0 radical (unpaired) electrons. The van der Waals surface area contributed by atoms with Gasteiger partial charge < -0.3 is 15.6 Å². The van der Waals surface area contributed by atoms with Gasteiger partial charge in [0.25, 0.3) is 0 Å². The van der Waals surface area contributed by atoms with Crippen LogP contribution in [0.4, 0.5) is 5.82 Å². The predicted octanol–water partition coefficient (Wildman–Crippen LogP) is 1.65. The Bertz CT molecular complexity index is 801. The summed E-state index contributed by atoms with van der Waals surface area (Å²) in [7, 11) is 0. The first-order chi connectivity index (χ1) is 10.8. The molecule has 0 amide bonds. The smallest absolute Gasteiger partial charge is 0.152 e. The number of aliphatic hydroxyl groups is 1. The van der Waals surface area contributed by atoms with Crippen molar-refractivity contribution in [1.82, 2.24) is 19.6 Å². The molecule has 3 aromatic heterocycles. The van der Waals surface area contributed by atoms with Gasteiger partial charge in [-0.05, 0) is 18.9 Å². The number of ether oxygens (including phenoxy) is 1. The fraction of sp³-hybridized carbons (Fsp3) is 0.357. The van der Waals surface area contributed by atoms with Gasteiger partial charge in [0, 0.05) is 17.1 Å². The van der Waals surface area contributed by atoms with E-state index in [1.165, 1.54) is 6.33 Å². The van der Waals surface area contributed by atoms with Gasteiger partial charge in [-0.1, -0.05) is 0 Å². The average molecular weight is 317 g/mol. The summed E-state index contributed by atoms with van der Waals surface area (Å²) < 4.78 is 7.67. The van der Waals surface area contributed by atoms with E-state index < -0.39 is 0 Å². The van der Waals surface area contributed by atoms with E-state index in [9.17, 15) is 5.11 Å². The third-order valence-electron chi connectivity index (χ3n) is 3.91. The molecule has 0 spiro atoms. The summed E-state index contributed by atoms with van der Waals surface area (Å²) in [6.45, 7) is 0.0380. The van der Waals surface area contributed by atoms with Crippen LogP contribution in [-0.4, -0.2) is 37.4 Å². The molecule has 7 nitrogen and oxygen atoms in total. The van der Waals surface area contributed by atoms with Gasteiger partial charge in [-0.2, -0.15) is 5.10 Å². The summed E-state index contributed by atoms with van der Waals surface area (Å²) in [5.41, 5.74) is 8.64. The standard InChI is InChI=1S/C14H15N5O2S/c15-13-12-9(14-16-3-4-22-14)5-10(19(12)18-7-17-13)11-2-1-8(6-20)21-11/h3-5,7-8,11,20H,1-2,6H2,(H2,15,17,18)/t8-,11+/m0/s1. The predicted molar refractivity (Wildman–Crippen MR) is 82.4 cm³/mol. The highest BCUT2D eigenvalue weighted by molar-refractivity contribution is 7.13. The lowest BCUT2D eigenvalue weighted by Gasteiger charge is -2.11. The monoisotopic (exact) mass is 317 g/mol. The Morgan fingerprint density at radius 1 is 1.41 bits per heavy atom. The summed E-state index contributed by atoms with van der Waals surface area (Å²) in [5, 5.41) is 16.4. The highest BCUT2D eigenvalue weighted by Crippen LogP contribution is 2.38. The van der Waals surface area contributed by atoms with Gasteiger partial charge in [0.2, 0.25) is 0 Å². The number of aromatic nitrogens is 4. The van der Waals surface area contributed by atoms with Crippen LogP contribution in [0.5, 0.6) is 0 Å². The molecule has 22 heavy (non-hydrogen) atoms. The average Bonchev–Trinajstić information content (AvgIpc) is 3.26. The molecule has 8 heteroatoms. The van der Waals surface area contributed by atoms with Gasteiger partial charge in [0.15, 0.2) is 5.82 Å². The van der Waals surface area contributed by atoms with Gasteiger partial charge in [-0.25, -0.2) is 14.5 Å². The molecule has 0 aliphatic carbocycles. The second-order valence-corrected chi connectivity index (χ2v) is 6.13. The second-order valence-electron chi connectivity index (χ2n) is 5.23. The van der Waals surface area contributed by atoms with Crippen molar-refractivity contribution in [3.63, 3.8) is 0 Å². The number of nitrogen functional groups attached to an aromatic ring is 1. The molecule has 1 fully saturated rings. The molecule has 1 aliphatic heterocycles. The van der Waals surface area contributed by atoms with Crippen molar-refractivity contribution in [2.75, 3.05) is 12.3 Å². The zero-order chi connectivity index (χ0) is 15.1. The largest absolute Gasteiger partial charge is 0.394 e. The number of hydrogen-bond donors (Lipinski definition) is 2. The maximum absolute atomic E-state index is 9.26. The Hall–Kier alpha value is -2.03. The van der Waals surface area contributed by atoms with E-state index >= 15 is 0 Å². The van der Waals surface area contributed by atoms with Crippen molar-refractivity contribution >= 4 is 22.7 Å². The summed E-state index contributed by atoms with van der Waals surface area (Å²) in [5.74, 6) is 0.420. The Balaban J connectivity index is 1.88. The highest BCUT2D eigenvalue weighted by atomic mass is 32.1. The van der Waals surface area contributed by atoms with Crippen LogP contribution < -0.4 is 5.73 Å². The molecule has 114 valence electrons. The zero-order valence-electron chi connectivity index (χ0n) is 11.7. The molecular formula is C14H15N5O2S. The van der Waals surface area contributed by atoms with Crippen LogP contribution in [0.25, 0.3) is 16.1 Å². The molecule has 3 N–H and O–H groups in total. The zero-order valence-corrected chi connectivity index (χ0v) is 12.5. The molecule has 1 saturated heterocycles. The van der Waals surface area contributed by atoms with Crippen LogP contribution in [-0.2, 0) is 4.74 Å². The van der Waals surface area contributed by atoms with Crippen molar-refractivity contribution in [3.05, 3.63) is 29.7 Å². The first-order valence-corrected chi connectivity index (χ1v) is 7.94. The van der Waals surface area contributed by atoms with Crippen LogP contribution in [0.15, 0.2) is 24.0 Å². The van der Waals surface area contributed by atoms with Crippen LogP contribution in [0.1, 0.15) is 24.6 Å². The summed E-state index contributed by atoms with van der Waals surface area (Å²) in [4.78, 5) is 8.45. The summed E-state index contributed by atoms with van der Waals surface area (Å²) in [6, 6.07) is 2.02. The topological polar surface area (TPSA) is 98.6 Å². The van der Waals surface area contributed by atoms with E-state index in [4.69, 9.17) is 10.5 Å². The quantitative estimate of drug-likeness (QED) is 0.762. The summed E-state index contributed by atoms with van der Waals surface area (Å²) >= 11 is 1.54. The molecular weight excluding hydrogens is 302 g/mol. The van der Waals surface area contributed by atoms with E-state index in [0.717, 1.165) is 34.6 Å². The fourth-order valence-corrected chi connectivity index (χ4v) is 3.55. The number of rotatable bonds is 3. The lowest BCUT2D eigenvalue weighted by molar-refractivity contribution is 0.00856. The van der Waals surface area contributed by atoms with Crippen LogP contribution in [0.2, 0.25) is 0 Å². The third-order valence-corrected chi connectivity index (χ3v) is 4.72. The molecule has 4 rings (SSSR count). The lowest BCUT2D eigenvalue weighted by atomic mass is 10.1. The molecule has 0 unspecified atom stereocenters. The number of nitrogens with two attached hydrogens (primary N) is 1. The Morgan fingerprint density at radius 2 is 2.32 bits per heavy atom. The first kappa shape index (κ1) is 13.6. The number of nitrogens with zero attached hydrogens (tertiary/aromatic N) is 4. The SMILES string of the molecule is Nc1ncnn2c([C@H]3CC[C@@H](CO)O3)cc(-c3nccs3)c12. The molecule has 2 atom stereocenters. The van der Waals surface area contributed by atoms with Crippen molar-refractivity contribution < 1.29 is 9.84 Å². The Labute approximate surface area is 130 Å².